The summed E-state index contributed by atoms with van der Waals surface area (Å²) in [5.41, 5.74) is 20.9. The minimum Gasteiger partial charge on any atom is -0.330 e. The maximum Gasteiger partial charge on any atom is 0.113 e. The second-order valence-electron chi connectivity index (χ2n) is 8.55. The second-order valence-corrected chi connectivity index (χ2v) is 8.55. The van der Waals surface area contributed by atoms with Crippen molar-refractivity contribution in [3.05, 3.63) is 89.3 Å². The molecule has 231 valence electrons. The number of terminal acetylenes is 2. The van der Waals surface area contributed by atoms with Crippen LogP contribution in [-0.4, -0.2) is 34.6 Å². The summed E-state index contributed by atoms with van der Waals surface area (Å²) in [6.07, 6.45) is 21.4. The zero-order chi connectivity index (χ0) is 32.4. The van der Waals surface area contributed by atoms with Gasteiger partial charge in [0, 0.05) is 75.6 Å². The summed E-state index contributed by atoms with van der Waals surface area (Å²) in [5.74, 6) is 16.6. The summed E-state index contributed by atoms with van der Waals surface area (Å²) in [6.45, 7) is 9.77. The van der Waals surface area contributed by atoms with Crippen LogP contribution in [0, 0.1) is 61.4 Å². The monoisotopic (exact) mass is 666 g/mol. The summed E-state index contributed by atoms with van der Waals surface area (Å²) in [7, 11) is 0. The first-order valence-corrected chi connectivity index (χ1v) is 14.6. The molecule has 7 heteroatoms. The zero-order valence-electron chi connectivity index (χ0n) is 27.1. The summed E-state index contributed by atoms with van der Waals surface area (Å²) in [5, 5.41) is 0. The number of aromatic nitrogens is 3. The van der Waals surface area contributed by atoms with Crippen LogP contribution in [0.15, 0.2) is 55.0 Å². The van der Waals surface area contributed by atoms with E-state index in [9.17, 15) is 0 Å². The molecule has 3 rings (SSSR count). The SMILES string of the molecule is C#CCC.C#CCN.CCC#Cc1ccc(C#CCC)nc1.Cc1cc[c-]cn1.NCCCc1ccc(CCCN)nc1.[Y]. The molecule has 6 N–H and O–H groups in total. The van der Waals surface area contributed by atoms with Crippen molar-refractivity contribution in [2.24, 2.45) is 17.2 Å². The van der Waals surface area contributed by atoms with Crippen LogP contribution in [0.4, 0.5) is 0 Å². The molecule has 0 atom stereocenters. The molecule has 1 radical (unpaired) electrons. The molecule has 3 aromatic rings. The number of hydrogen-bond acceptors (Lipinski definition) is 6. The van der Waals surface area contributed by atoms with Crippen molar-refractivity contribution in [2.45, 2.75) is 72.6 Å². The van der Waals surface area contributed by atoms with Crippen molar-refractivity contribution in [3.63, 3.8) is 0 Å². The van der Waals surface area contributed by atoms with Gasteiger partial charge in [0.05, 0.1) is 6.54 Å². The van der Waals surface area contributed by atoms with E-state index in [1.54, 1.807) is 12.4 Å². The molecule has 0 aromatic carbocycles. The number of hydrogen-bond donors (Lipinski definition) is 3. The van der Waals surface area contributed by atoms with E-state index >= 15 is 0 Å². The maximum absolute atomic E-state index is 5.44. The Morgan fingerprint density at radius 3 is 1.80 bits per heavy atom. The molecule has 0 spiro atoms. The summed E-state index contributed by atoms with van der Waals surface area (Å²) < 4.78 is 0. The average molecular weight is 667 g/mol. The number of aryl methyl sites for hydroxylation is 3. The van der Waals surface area contributed by atoms with E-state index in [0.717, 1.165) is 80.7 Å². The minimum absolute atomic E-state index is 0. The largest absolute Gasteiger partial charge is 0.330 e. The number of nitrogens with two attached hydrogens (primary N) is 3. The normalized spacial score (nSPS) is 8.20. The fraction of sp³-hybridized carbons (Fsp3) is 0.378. The zero-order valence-corrected chi connectivity index (χ0v) is 29.9. The van der Waals surface area contributed by atoms with Gasteiger partial charge in [-0.15, -0.1) is 18.8 Å². The van der Waals surface area contributed by atoms with Crippen molar-refractivity contribution in [2.75, 3.05) is 19.6 Å². The van der Waals surface area contributed by atoms with Crippen LogP contribution in [0.3, 0.4) is 0 Å². The van der Waals surface area contributed by atoms with E-state index in [4.69, 9.17) is 23.6 Å². The Hall–Kier alpha value is -3.33. The Balaban J connectivity index is -0.000000522. The van der Waals surface area contributed by atoms with E-state index in [2.05, 4.69) is 75.1 Å². The average Bonchev–Trinajstić information content (AvgIpc) is 3.06. The fourth-order valence-electron chi connectivity index (χ4n) is 2.65. The Morgan fingerprint density at radius 2 is 1.39 bits per heavy atom. The predicted molar refractivity (Wildman–Crippen MR) is 182 cm³/mol. The number of nitrogens with zero attached hydrogens (tertiary/aromatic N) is 3. The van der Waals surface area contributed by atoms with Gasteiger partial charge in [-0.2, -0.15) is 6.07 Å². The first kappa shape index (κ1) is 45.1. The van der Waals surface area contributed by atoms with Gasteiger partial charge in [0.25, 0.3) is 0 Å². The van der Waals surface area contributed by atoms with E-state index in [1.807, 2.05) is 58.2 Å². The number of pyridine rings is 3. The molecule has 0 bridgehead atoms. The van der Waals surface area contributed by atoms with Crippen molar-refractivity contribution in [1.29, 1.82) is 0 Å². The first-order valence-electron chi connectivity index (χ1n) is 14.6. The third kappa shape index (κ3) is 30.1. The van der Waals surface area contributed by atoms with E-state index in [-0.39, 0.29) is 32.7 Å². The van der Waals surface area contributed by atoms with Gasteiger partial charge in [0.15, 0.2) is 0 Å². The Bertz CT molecular complexity index is 1170. The Morgan fingerprint density at radius 1 is 0.750 bits per heavy atom. The predicted octanol–water partition coefficient (Wildman–Crippen LogP) is 5.26. The van der Waals surface area contributed by atoms with Crippen LogP contribution in [0.2, 0.25) is 0 Å². The van der Waals surface area contributed by atoms with Crippen molar-refractivity contribution in [1.82, 2.24) is 15.0 Å². The van der Waals surface area contributed by atoms with Crippen LogP contribution in [0.25, 0.3) is 0 Å². The molecule has 0 saturated carbocycles. The van der Waals surface area contributed by atoms with Crippen LogP contribution in [-0.2, 0) is 45.6 Å². The van der Waals surface area contributed by atoms with Gasteiger partial charge < -0.3 is 22.2 Å². The third-order valence-corrected chi connectivity index (χ3v) is 4.84. The number of rotatable bonds is 6. The van der Waals surface area contributed by atoms with Crippen molar-refractivity contribution < 1.29 is 32.7 Å². The molecule has 44 heavy (non-hydrogen) atoms. The van der Waals surface area contributed by atoms with Crippen LogP contribution < -0.4 is 17.2 Å². The Labute approximate surface area is 293 Å². The smallest absolute Gasteiger partial charge is 0.113 e. The molecule has 0 saturated heterocycles. The van der Waals surface area contributed by atoms with Gasteiger partial charge in [-0.05, 0) is 81.1 Å². The Kier molecular flexibility index (Phi) is 36.8. The van der Waals surface area contributed by atoms with Gasteiger partial charge in [-0.3, -0.25) is 4.98 Å². The van der Waals surface area contributed by atoms with Crippen molar-refractivity contribution in [3.8, 4) is 48.4 Å². The van der Waals surface area contributed by atoms with Crippen molar-refractivity contribution >= 4 is 0 Å². The summed E-state index contributed by atoms with van der Waals surface area (Å²) >= 11 is 0. The molecular weight excluding hydrogens is 617 g/mol. The van der Waals surface area contributed by atoms with Gasteiger partial charge in [0.1, 0.15) is 5.69 Å². The molecule has 0 aliphatic heterocycles. The first-order chi connectivity index (χ1) is 20.9. The van der Waals surface area contributed by atoms with E-state index < -0.39 is 0 Å². The quantitative estimate of drug-likeness (QED) is 0.244. The minimum atomic E-state index is 0. The van der Waals surface area contributed by atoms with Gasteiger partial charge in [-0.1, -0.05) is 56.7 Å². The maximum atomic E-state index is 5.44. The van der Waals surface area contributed by atoms with E-state index in [1.165, 1.54) is 5.56 Å². The fourth-order valence-corrected chi connectivity index (χ4v) is 2.65. The molecule has 6 nitrogen and oxygen atoms in total. The van der Waals surface area contributed by atoms with Gasteiger partial charge >= 0.3 is 0 Å². The summed E-state index contributed by atoms with van der Waals surface area (Å²) in [6, 6.07) is 14.7. The molecule has 3 aromatic heterocycles. The topological polar surface area (TPSA) is 117 Å². The molecular formula is C37H49N6Y-. The third-order valence-electron chi connectivity index (χ3n) is 4.84. The molecule has 3 heterocycles. The molecule has 0 aliphatic carbocycles. The van der Waals surface area contributed by atoms with Gasteiger partial charge in [0.2, 0.25) is 0 Å². The molecule has 0 aliphatic rings. The second kappa shape index (κ2) is 35.9. The standard InChI is InChI=1S/C13H13N.C11H19N3.C6H6N.C4H6.C3H5N.Y/c1-3-5-7-12-9-10-13(14-11-12)8-6-4-2;12-7-1-3-10-5-6-11(14-9-10)4-2-8-13;1-6-4-2-3-5-7-6;1-3-4-2;1-2-3-4;/h9-11H,3-4H2,1-2H3;5-6,9H,1-4,7-8,12-13H2;2,4-5H,1H3;1H,4H2,2H3;1H,3-4H2;/q;;-1;;;. The van der Waals surface area contributed by atoms with E-state index in [0.29, 0.717) is 6.54 Å². The van der Waals surface area contributed by atoms with Crippen LogP contribution >= 0.6 is 0 Å². The van der Waals surface area contributed by atoms with Crippen LogP contribution in [0.1, 0.15) is 81.1 Å². The van der Waals surface area contributed by atoms with Crippen LogP contribution in [0.5, 0.6) is 0 Å². The van der Waals surface area contributed by atoms with Gasteiger partial charge in [-0.25, -0.2) is 17.1 Å². The molecule has 0 fully saturated rings. The molecule has 0 amide bonds. The molecule has 0 unspecified atom stereocenters. The summed E-state index contributed by atoms with van der Waals surface area (Å²) in [4.78, 5) is 12.5.